The van der Waals surface area contributed by atoms with Crippen LogP contribution in [0.15, 0.2) is 58.7 Å². The summed E-state index contributed by atoms with van der Waals surface area (Å²) in [5, 5.41) is 11.4. The van der Waals surface area contributed by atoms with E-state index >= 15 is 0 Å². The minimum Gasteiger partial charge on any atom is -0.497 e. The van der Waals surface area contributed by atoms with Crippen LogP contribution < -0.4 is 10.1 Å². The average molecular weight is 382 g/mol. The molecule has 3 rings (SSSR count). The molecule has 0 aromatic heterocycles. The predicted molar refractivity (Wildman–Crippen MR) is 112 cm³/mol. The first-order chi connectivity index (χ1) is 13.0. The van der Waals surface area contributed by atoms with Gasteiger partial charge in [-0.05, 0) is 53.3 Å². The van der Waals surface area contributed by atoms with E-state index in [0.29, 0.717) is 17.5 Å². The number of amidine groups is 1. The minimum atomic E-state index is -0.176. The Hall–Kier alpha value is -2.60. The fourth-order valence-electron chi connectivity index (χ4n) is 2.68. The number of nitrogens with zero attached hydrogens (tertiary/aromatic N) is 2. The number of carbonyl (C=O) groups excluding carboxylic acids is 1. The summed E-state index contributed by atoms with van der Waals surface area (Å²) in [5.41, 5.74) is 3.36. The van der Waals surface area contributed by atoms with Gasteiger partial charge < -0.3 is 10.1 Å². The van der Waals surface area contributed by atoms with Crippen LogP contribution in [0.25, 0.3) is 0 Å². The van der Waals surface area contributed by atoms with Crippen LogP contribution in [-0.4, -0.2) is 29.6 Å². The van der Waals surface area contributed by atoms with Crippen LogP contribution in [0.2, 0.25) is 0 Å². The first kappa shape index (κ1) is 19.2. The van der Waals surface area contributed by atoms with Crippen LogP contribution in [0, 0.1) is 0 Å². The van der Waals surface area contributed by atoms with Crippen molar-refractivity contribution in [2.45, 2.75) is 31.4 Å². The van der Waals surface area contributed by atoms with Crippen molar-refractivity contribution in [3.05, 3.63) is 65.2 Å². The van der Waals surface area contributed by atoms with Gasteiger partial charge in [-0.25, -0.2) is 0 Å². The lowest BCUT2D eigenvalue weighted by Crippen LogP contribution is -2.25. The molecule has 140 valence electrons. The molecule has 1 saturated heterocycles. The van der Waals surface area contributed by atoms with Gasteiger partial charge in [-0.1, -0.05) is 49.9 Å². The van der Waals surface area contributed by atoms with Crippen molar-refractivity contribution >= 4 is 29.1 Å². The lowest BCUT2D eigenvalue weighted by Gasteiger charge is -2.08. The smallest absolute Gasteiger partial charge is 0.239 e. The van der Waals surface area contributed by atoms with E-state index in [2.05, 4.69) is 53.6 Å². The standard InChI is InChI=1S/C21H23N3O2S/c1-14(2)17-8-4-15(5-9-17)12-19-20(25)23-21(27-19)24-22-13-16-6-10-18(26-3)11-7-16/h4-11,13-14,19H,12H2,1-3H3,(H,23,24,25). The molecule has 6 heteroatoms. The molecule has 0 radical (unpaired) electrons. The van der Waals surface area contributed by atoms with E-state index in [1.807, 2.05) is 24.3 Å². The Labute approximate surface area is 163 Å². The van der Waals surface area contributed by atoms with E-state index in [0.717, 1.165) is 16.9 Å². The van der Waals surface area contributed by atoms with Crippen LogP contribution in [0.1, 0.15) is 36.5 Å². The molecule has 0 spiro atoms. The van der Waals surface area contributed by atoms with Crippen LogP contribution in [-0.2, 0) is 11.2 Å². The first-order valence-electron chi connectivity index (χ1n) is 8.86. The van der Waals surface area contributed by atoms with Crippen molar-refractivity contribution in [1.82, 2.24) is 5.32 Å². The van der Waals surface area contributed by atoms with Crippen LogP contribution in [0.5, 0.6) is 5.75 Å². The van der Waals surface area contributed by atoms with Crippen molar-refractivity contribution < 1.29 is 9.53 Å². The van der Waals surface area contributed by atoms with Crippen molar-refractivity contribution in [2.75, 3.05) is 7.11 Å². The highest BCUT2D eigenvalue weighted by molar-refractivity contribution is 8.15. The SMILES string of the molecule is COc1ccc(C=NN=C2NC(=O)C(Cc3ccc(C(C)C)cc3)S2)cc1. The number of thioether (sulfide) groups is 1. The normalized spacial score (nSPS) is 18.4. The second kappa shape index (κ2) is 8.86. The Balaban J connectivity index is 1.58. The first-order valence-corrected chi connectivity index (χ1v) is 9.74. The number of methoxy groups -OCH3 is 1. The number of nitrogens with one attached hydrogen (secondary N) is 1. The van der Waals surface area contributed by atoms with Gasteiger partial charge in [0, 0.05) is 0 Å². The second-order valence-electron chi connectivity index (χ2n) is 6.62. The molecule has 1 aliphatic rings. The molecule has 0 bridgehead atoms. The maximum atomic E-state index is 12.2. The predicted octanol–water partition coefficient (Wildman–Crippen LogP) is 3.98. The summed E-state index contributed by atoms with van der Waals surface area (Å²) in [6.07, 6.45) is 2.33. The van der Waals surface area contributed by atoms with Gasteiger partial charge in [0.2, 0.25) is 5.91 Å². The van der Waals surface area contributed by atoms with Crippen molar-refractivity contribution in [2.24, 2.45) is 10.2 Å². The number of benzene rings is 2. The van der Waals surface area contributed by atoms with Crippen LogP contribution >= 0.6 is 11.8 Å². The largest absolute Gasteiger partial charge is 0.497 e. The Morgan fingerprint density at radius 3 is 2.48 bits per heavy atom. The Kier molecular flexibility index (Phi) is 6.29. The molecule has 1 N–H and O–H groups in total. The summed E-state index contributed by atoms with van der Waals surface area (Å²) >= 11 is 1.42. The summed E-state index contributed by atoms with van der Waals surface area (Å²) in [4.78, 5) is 12.2. The zero-order chi connectivity index (χ0) is 19.2. The number of hydrogen-bond donors (Lipinski definition) is 1. The summed E-state index contributed by atoms with van der Waals surface area (Å²) in [7, 11) is 1.63. The van der Waals surface area contributed by atoms with Gasteiger partial charge in [0.25, 0.3) is 0 Å². The highest BCUT2D eigenvalue weighted by Gasteiger charge is 2.30. The maximum Gasteiger partial charge on any atom is 0.239 e. The van der Waals surface area contributed by atoms with E-state index in [9.17, 15) is 4.79 Å². The molecular formula is C21H23N3O2S. The number of carbonyl (C=O) groups is 1. The van der Waals surface area contributed by atoms with Gasteiger partial charge >= 0.3 is 0 Å². The fraction of sp³-hybridized carbons (Fsp3) is 0.286. The third-order valence-corrected chi connectivity index (χ3v) is 5.39. The monoisotopic (exact) mass is 381 g/mol. The Morgan fingerprint density at radius 1 is 1.15 bits per heavy atom. The highest BCUT2D eigenvalue weighted by atomic mass is 32.2. The zero-order valence-corrected chi connectivity index (χ0v) is 16.5. The summed E-state index contributed by atoms with van der Waals surface area (Å²) in [5.74, 6) is 1.28. The molecular weight excluding hydrogens is 358 g/mol. The molecule has 27 heavy (non-hydrogen) atoms. The molecule has 1 amide bonds. The number of hydrogen-bond acceptors (Lipinski definition) is 5. The summed E-state index contributed by atoms with van der Waals surface area (Å²) in [6, 6.07) is 16.0. The van der Waals surface area contributed by atoms with E-state index in [4.69, 9.17) is 4.74 Å². The second-order valence-corrected chi connectivity index (χ2v) is 7.81. The third-order valence-electron chi connectivity index (χ3n) is 4.32. The minimum absolute atomic E-state index is 0.0219. The third kappa shape index (κ3) is 5.20. The number of ether oxygens (including phenoxy) is 1. The van der Waals surface area contributed by atoms with Gasteiger partial charge in [-0.2, -0.15) is 5.10 Å². The maximum absolute atomic E-state index is 12.2. The Morgan fingerprint density at radius 2 is 1.85 bits per heavy atom. The summed E-state index contributed by atoms with van der Waals surface area (Å²) < 4.78 is 5.12. The molecule has 1 heterocycles. The molecule has 1 aliphatic heterocycles. The van der Waals surface area contributed by atoms with Crippen molar-refractivity contribution in [3.63, 3.8) is 0 Å². The zero-order valence-electron chi connectivity index (χ0n) is 15.7. The van der Waals surface area contributed by atoms with Gasteiger partial charge in [0.05, 0.1) is 18.6 Å². The lowest BCUT2D eigenvalue weighted by atomic mass is 10.0. The molecule has 0 saturated carbocycles. The number of rotatable bonds is 6. The van der Waals surface area contributed by atoms with E-state index in [-0.39, 0.29) is 11.2 Å². The quantitative estimate of drug-likeness (QED) is 0.608. The van der Waals surface area contributed by atoms with Gasteiger partial charge in [-0.3, -0.25) is 4.79 Å². The molecule has 2 aromatic rings. The van der Waals surface area contributed by atoms with Gasteiger partial charge in [-0.15, -0.1) is 5.10 Å². The molecule has 0 aliphatic carbocycles. The molecule has 5 nitrogen and oxygen atoms in total. The molecule has 1 unspecified atom stereocenters. The highest BCUT2D eigenvalue weighted by Crippen LogP contribution is 2.24. The molecule has 1 atom stereocenters. The van der Waals surface area contributed by atoms with E-state index in [1.54, 1.807) is 13.3 Å². The van der Waals surface area contributed by atoms with E-state index in [1.165, 1.54) is 17.3 Å². The topological polar surface area (TPSA) is 63.1 Å². The summed E-state index contributed by atoms with van der Waals surface area (Å²) in [6.45, 7) is 4.34. The van der Waals surface area contributed by atoms with Crippen molar-refractivity contribution in [1.29, 1.82) is 0 Å². The Bertz CT molecular complexity index is 843. The number of amides is 1. The van der Waals surface area contributed by atoms with Gasteiger partial charge in [0.1, 0.15) is 5.75 Å². The fourth-order valence-corrected chi connectivity index (χ4v) is 3.64. The van der Waals surface area contributed by atoms with Crippen LogP contribution in [0.3, 0.4) is 0 Å². The molecule has 2 aromatic carbocycles. The van der Waals surface area contributed by atoms with Crippen LogP contribution in [0.4, 0.5) is 0 Å². The molecule has 1 fully saturated rings. The van der Waals surface area contributed by atoms with Gasteiger partial charge in [0.15, 0.2) is 5.17 Å². The lowest BCUT2D eigenvalue weighted by molar-refractivity contribution is -0.118. The van der Waals surface area contributed by atoms with Crippen molar-refractivity contribution in [3.8, 4) is 5.75 Å². The average Bonchev–Trinajstić information content (AvgIpc) is 3.02. The van der Waals surface area contributed by atoms with E-state index < -0.39 is 0 Å².